The standard InChI is InChI=1S/C25H34O3S/c1-7-16(3)23-20-12-11-19(8-2)17(4)21(20)15-22(29(26,27)28)24(23)25(5,6)14-13-18-9-10-18/h11-13,15-16H,7-10,14H2,1-6H3,(H,26,27,28). The Morgan fingerprint density at radius 2 is 1.83 bits per heavy atom. The van der Waals surface area contributed by atoms with Crippen molar-refractivity contribution in [1.82, 2.24) is 0 Å². The molecule has 1 N–H and O–H groups in total. The highest BCUT2D eigenvalue weighted by molar-refractivity contribution is 7.85. The van der Waals surface area contributed by atoms with E-state index in [1.54, 1.807) is 6.07 Å². The highest BCUT2D eigenvalue weighted by atomic mass is 32.2. The van der Waals surface area contributed by atoms with E-state index < -0.39 is 15.5 Å². The summed E-state index contributed by atoms with van der Waals surface area (Å²) in [5, 5.41) is 2.05. The molecular weight excluding hydrogens is 380 g/mol. The molecular formula is C25H34O3S. The van der Waals surface area contributed by atoms with Gasteiger partial charge in [0, 0.05) is 0 Å². The van der Waals surface area contributed by atoms with Gasteiger partial charge >= 0.3 is 0 Å². The number of hydrogen-bond acceptors (Lipinski definition) is 2. The summed E-state index contributed by atoms with van der Waals surface area (Å²) in [5.74, 6) is 0.189. The van der Waals surface area contributed by atoms with Crippen LogP contribution in [0.2, 0.25) is 0 Å². The molecule has 4 heteroatoms. The summed E-state index contributed by atoms with van der Waals surface area (Å²) in [6, 6.07) is 6.03. The maximum Gasteiger partial charge on any atom is 0.294 e. The summed E-state index contributed by atoms with van der Waals surface area (Å²) >= 11 is 0. The third kappa shape index (κ3) is 4.29. The van der Waals surface area contributed by atoms with E-state index in [2.05, 4.69) is 59.8 Å². The molecule has 1 unspecified atom stereocenters. The topological polar surface area (TPSA) is 54.4 Å². The summed E-state index contributed by atoms with van der Waals surface area (Å²) in [6.45, 7) is 12.6. The van der Waals surface area contributed by atoms with Crippen molar-refractivity contribution in [2.24, 2.45) is 0 Å². The molecule has 3 nitrogen and oxygen atoms in total. The van der Waals surface area contributed by atoms with Crippen molar-refractivity contribution in [2.45, 2.75) is 89.9 Å². The van der Waals surface area contributed by atoms with E-state index in [-0.39, 0.29) is 10.8 Å². The van der Waals surface area contributed by atoms with E-state index in [1.807, 2.05) is 0 Å². The Morgan fingerprint density at radius 1 is 1.17 bits per heavy atom. The van der Waals surface area contributed by atoms with Crippen LogP contribution < -0.4 is 0 Å². The SMILES string of the molecule is CCc1ccc2c(C(C)CC)c(C(C)(C)CC=C3CC3)c(S(=O)(=O)O)cc2c1C. The third-order valence-corrected chi connectivity index (χ3v) is 7.47. The van der Waals surface area contributed by atoms with Crippen molar-refractivity contribution >= 4 is 20.9 Å². The summed E-state index contributed by atoms with van der Waals surface area (Å²) in [5.41, 5.74) is 5.21. The van der Waals surface area contributed by atoms with Gasteiger partial charge in [-0.25, -0.2) is 0 Å². The van der Waals surface area contributed by atoms with Gasteiger partial charge in [-0.1, -0.05) is 58.4 Å². The highest BCUT2D eigenvalue weighted by Gasteiger charge is 2.34. The molecule has 1 saturated carbocycles. The van der Waals surface area contributed by atoms with Crippen molar-refractivity contribution in [3.8, 4) is 0 Å². The van der Waals surface area contributed by atoms with Crippen LogP contribution in [0.1, 0.15) is 88.5 Å². The number of aryl methyl sites for hydroxylation is 2. The molecule has 0 bridgehead atoms. The van der Waals surface area contributed by atoms with E-state index in [0.717, 1.165) is 59.6 Å². The zero-order valence-electron chi connectivity index (χ0n) is 18.6. The Balaban J connectivity index is 2.45. The first kappa shape index (κ1) is 22.0. The van der Waals surface area contributed by atoms with Gasteiger partial charge in [0.25, 0.3) is 10.1 Å². The molecule has 1 aliphatic rings. The second kappa shape index (κ2) is 7.88. The van der Waals surface area contributed by atoms with Gasteiger partial charge in [0.1, 0.15) is 0 Å². The second-order valence-corrected chi connectivity index (χ2v) is 10.6. The van der Waals surface area contributed by atoms with E-state index >= 15 is 0 Å². The zero-order chi connectivity index (χ0) is 21.6. The first-order valence-electron chi connectivity index (χ1n) is 10.8. The van der Waals surface area contributed by atoms with Gasteiger partial charge < -0.3 is 0 Å². The molecule has 29 heavy (non-hydrogen) atoms. The Hall–Kier alpha value is -1.65. The van der Waals surface area contributed by atoms with Crippen LogP contribution in [-0.4, -0.2) is 13.0 Å². The summed E-state index contributed by atoms with van der Waals surface area (Å²) in [7, 11) is -4.35. The van der Waals surface area contributed by atoms with Gasteiger partial charge in [-0.2, -0.15) is 8.42 Å². The molecule has 0 aliphatic heterocycles. The smallest absolute Gasteiger partial charge is 0.282 e. The first-order valence-corrected chi connectivity index (χ1v) is 12.2. The lowest BCUT2D eigenvalue weighted by Gasteiger charge is -2.32. The molecule has 0 radical (unpaired) electrons. The van der Waals surface area contributed by atoms with Crippen LogP contribution in [0, 0.1) is 6.92 Å². The molecule has 1 atom stereocenters. The Bertz CT molecular complexity index is 1070. The van der Waals surface area contributed by atoms with E-state index in [0.29, 0.717) is 0 Å². The number of benzene rings is 2. The van der Waals surface area contributed by atoms with Gasteiger partial charge in [-0.15, -0.1) is 0 Å². The molecule has 3 rings (SSSR count). The Morgan fingerprint density at radius 3 is 2.34 bits per heavy atom. The van der Waals surface area contributed by atoms with Crippen molar-refractivity contribution in [3.05, 3.63) is 52.1 Å². The van der Waals surface area contributed by atoms with Crippen LogP contribution in [-0.2, 0) is 22.0 Å². The molecule has 2 aromatic rings. The molecule has 158 valence electrons. The lowest BCUT2D eigenvalue weighted by molar-refractivity contribution is 0.467. The minimum atomic E-state index is -4.35. The molecule has 0 aromatic heterocycles. The second-order valence-electron chi connectivity index (χ2n) is 9.20. The summed E-state index contributed by atoms with van der Waals surface area (Å²) in [6.07, 6.45) is 7.12. The van der Waals surface area contributed by atoms with Crippen molar-refractivity contribution in [3.63, 3.8) is 0 Å². The average Bonchev–Trinajstić information content (AvgIpc) is 3.48. The monoisotopic (exact) mass is 414 g/mol. The van der Waals surface area contributed by atoms with Gasteiger partial charge in [0.2, 0.25) is 0 Å². The molecule has 0 saturated heterocycles. The molecule has 0 amide bonds. The predicted octanol–water partition coefficient (Wildman–Crippen LogP) is 6.86. The third-order valence-electron chi connectivity index (χ3n) is 6.59. The van der Waals surface area contributed by atoms with Crippen LogP contribution in [0.4, 0.5) is 0 Å². The normalized spacial score (nSPS) is 15.6. The van der Waals surface area contributed by atoms with Crippen molar-refractivity contribution < 1.29 is 13.0 Å². The first-order chi connectivity index (χ1) is 13.5. The fourth-order valence-electron chi connectivity index (χ4n) is 4.44. The van der Waals surface area contributed by atoms with Crippen molar-refractivity contribution in [2.75, 3.05) is 0 Å². The number of hydrogen-bond donors (Lipinski definition) is 1. The van der Waals surface area contributed by atoms with Gasteiger partial charge in [-0.3, -0.25) is 4.55 Å². The quantitative estimate of drug-likeness (QED) is 0.398. The average molecular weight is 415 g/mol. The molecule has 2 aromatic carbocycles. The number of rotatable bonds is 7. The Kier molecular flexibility index (Phi) is 5.99. The zero-order valence-corrected chi connectivity index (χ0v) is 19.4. The summed E-state index contributed by atoms with van der Waals surface area (Å²) < 4.78 is 35.4. The van der Waals surface area contributed by atoms with Crippen LogP contribution in [0.5, 0.6) is 0 Å². The number of fused-ring (bicyclic) bond motifs is 1. The molecule has 1 aliphatic carbocycles. The van der Waals surface area contributed by atoms with Crippen molar-refractivity contribution in [1.29, 1.82) is 0 Å². The fraction of sp³-hybridized carbons (Fsp3) is 0.520. The maximum atomic E-state index is 12.6. The lowest BCUT2D eigenvalue weighted by Crippen LogP contribution is -2.24. The molecule has 0 spiro atoms. The van der Waals surface area contributed by atoms with E-state index in [4.69, 9.17) is 0 Å². The highest BCUT2D eigenvalue weighted by Crippen LogP contribution is 2.45. The minimum Gasteiger partial charge on any atom is -0.282 e. The van der Waals surface area contributed by atoms with E-state index in [1.165, 1.54) is 11.1 Å². The maximum absolute atomic E-state index is 12.6. The van der Waals surface area contributed by atoms with Crippen LogP contribution in [0.3, 0.4) is 0 Å². The van der Waals surface area contributed by atoms with E-state index in [9.17, 15) is 13.0 Å². The molecule has 1 fully saturated rings. The van der Waals surface area contributed by atoms with Crippen LogP contribution in [0.15, 0.2) is 34.7 Å². The number of allylic oxidation sites excluding steroid dienone is 2. The largest absolute Gasteiger partial charge is 0.294 e. The Labute approximate surface area is 176 Å². The van der Waals surface area contributed by atoms with Gasteiger partial charge in [0.15, 0.2) is 0 Å². The van der Waals surface area contributed by atoms with Gasteiger partial charge in [-0.05, 0) is 89.5 Å². The van der Waals surface area contributed by atoms with Crippen LogP contribution >= 0.6 is 0 Å². The fourth-order valence-corrected chi connectivity index (χ4v) is 5.35. The molecule has 0 heterocycles. The van der Waals surface area contributed by atoms with Crippen LogP contribution in [0.25, 0.3) is 10.8 Å². The summed E-state index contributed by atoms with van der Waals surface area (Å²) in [4.78, 5) is 0.0795. The minimum absolute atomic E-state index is 0.0795. The van der Waals surface area contributed by atoms with Gasteiger partial charge in [0.05, 0.1) is 4.90 Å². The lowest BCUT2D eigenvalue weighted by atomic mass is 9.74. The predicted molar refractivity (Wildman–Crippen MR) is 122 cm³/mol.